The average Bonchev–Trinajstić information content (AvgIpc) is 2.89. The number of aromatic nitrogens is 1. The first-order valence-electron chi connectivity index (χ1n) is 6.52. The zero-order valence-electron chi connectivity index (χ0n) is 12.2. The standard InChI is InChI=1S/C15H19N3O2/c1-10(2)14-9-13(17-20-14)15(19)16-11-5-7-12(8-6-11)18(3)4/h5-10H,1-4H3,(H,16,19). The van der Waals surface area contributed by atoms with Crippen molar-refractivity contribution in [2.45, 2.75) is 19.8 Å². The molecule has 2 rings (SSSR count). The Morgan fingerprint density at radius 2 is 1.90 bits per heavy atom. The van der Waals surface area contributed by atoms with Crippen molar-refractivity contribution < 1.29 is 9.32 Å². The summed E-state index contributed by atoms with van der Waals surface area (Å²) in [5.74, 6) is 0.653. The third-order valence-electron chi connectivity index (χ3n) is 2.97. The van der Waals surface area contributed by atoms with Gasteiger partial charge in [0.15, 0.2) is 5.69 Å². The fraction of sp³-hybridized carbons (Fsp3) is 0.333. The van der Waals surface area contributed by atoms with E-state index in [2.05, 4.69) is 10.5 Å². The molecule has 0 bridgehead atoms. The minimum absolute atomic E-state index is 0.212. The molecule has 1 N–H and O–H groups in total. The number of rotatable bonds is 4. The third kappa shape index (κ3) is 3.17. The molecule has 0 saturated carbocycles. The fourth-order valence-electron chi connectivity index (χ4n) is 1.71. The normalized spacial score (nSPS) is 10.7. The Labute approximate surface area is 118 Å². The molecule has 0 aliphatic rings. The molecule has 0 radical (unpaired) electrons. The number of amides is 1. The predicted molar refractivity (Wildman–Crippen MR) is 79.3 cm³/mol. The van der Waals surface area contributed by atoms with Crippen LogP contribution < -0.4 is 10.2 Å². The van der Waals surface area contributed by atoms with Crippen molar-refractivity contribution in [3.05, 3.63) is 41.8 Å². The van der Waals surface area contributed by atoms with Gasteiger partial charge in [0.1, 0.15) is 5.76 Å². The topological polar surface area (TPSA) is 58.4 Å². The molecule has 0 saturated heterocycles. The molecule has 0 spiro atoms. The molecule has 0 aliphatic carbocycles. The highest BCUT2D eigenvalue weighted by Crippen LogP contribution is 2.18. The maximum absolute atomic E-state index is 12.0. The maximum atomic E-state index is 12.0. The van der Waals surface area contributed by atoms with Crippen LogP contribution in [0, 0.1) is 0 Å². The van der Waals surface area contributed by atoms with Crippen LogP contribution in [0.1, 0.15) is 36.0 Å². The molecule has 0 atom stereocenters. The minimum atomic E-state index is -0.266. The second kappa shape index (κ2) is 5.77. The molecule has 5 heteroatoms. The summed E-state index contributed by atoms with van der Waals surface area (Å²) < 4.78 is 5.12. The van der Waals surface area contributed by atoms with Gasteiger partial charge in [-0.2, -0.15) is 0 Å². The lowest BCUT2D eigenvalue weighted by molar-refractivity contribution is 0.101. The molecule has 2 aromatic rings. The van der Waals surface area contributed by atoms with E-state index in [0.717, 1.165) is 11.4 Å². The fourth-order valence-corrected chi connectivity index (χ4v) is 1.71. The Kier molecular flexibility index (Phi) is 4.08. The van der Waals surface area contributed by atoms with Crippen LogP contribution in [0.25, 0.3) is 0 Å². The van der Waals surface area contributed by atoms with Gasteiger partial charge in [0.2, 0.25) is 0 Å². The van der Waals surface area contributed by atoms with Crippen molar-refractivity contribution in [3.8, 4) is 0 Å². The van der Waals surface area contributed by atoms with Gasteiger partial charge in [-0.3, -0.25) is 4.79 Å². The number of anilines is 2. The highest BCUT2D eigenvalue weighted by molar-refractivity contribution is 6.02. The molecule has 0 fully saturated rings. The largest absolute Gasteiger partial charge is 0.378 e. The van der Waals surface area contributed by atoms with E-state index in [4.69, 9.17) is 4.52 Å². The summed E-state index contributed by atoms with van der Waals surface area (Å²) in [4.78, 5) is 14.0. The zero-order chi connectivity index (χ0) is 14.7. The Morgan fingerprint density at radius 3 is 2.40 bits per heavy atom. The maximum Gasteiger partial charge on any atom is 0.277 e. The zero-order valence-corrected chi connectivity index (χ0v) is 12.2. The lowest BCUT2D eigenvalue weighted by Gasteiger charge is -2.12. The van der Waals surface area contributed by atoms with E-state index in [0.29, 0.717) is 11.5 Å². The minimum Gasteiger partial charge on any atom is -0.378 e. The van der Waals surface area contributed by atoms with E-state index in [9.17, 15) is 4.79 Å². The average molecular weight is 273 g/mol. The van der Waals surface area contributed by atoms with E-state index in [1.165, 1.54) is 0 Å². The van der Waals surface area contributed by atoms with Gasteiger partial charge < -0.3 is 14.7 Å². The van der Waals surface area contributed by atoms with Crippen LogP contribution in [0.3, 0.4) is 0 Å². The molecule has 1 aromatic carbocycles. The summed E-state index contributed by atoms with van der Waals surface area (Å²) >= 11 is 0. The van der Waals surface area contributed by atoms with Gasteiger partial charge in [0.05, 0.1) is 0 Å². The van der Waals surface area contributed by atoms with E-state index in [1.807, 2.05) is 57.1 Å². The van der Waals surface area contributed by atoms with Crippen LogP contribution in [-0.4, -0.2) is 25.2 Å². The molecular formula is C15H19N3O2. The summed E-state index contributed by atoms with van der Waals surface area (Å²) in [6.07, 6.45) is 0. The lowest BCUT2D eigenvalue weighted by atomic mass is 10.1. The molecule has 1 aromatic heterocycles. The van der Waals surface area contributed by atoms with Crippen molar-refractivity contribution >= 4 is 17.3 Å². The number of nitrogens with zero attached hydrogens (tertiary/aromatic N) is 2. The summed E-state index contributed by atoms with van der Waals surface area (Å²) in [6, 6.07) is 9.28. The molecule has 106 valence electrons. The van der Waals surface area contributed by atoms with Crippen LogP contribution >= 0.6 is 0 Å². The highest BCUT2D eigenvalue weighted by Gasteiger charge is 2.14. The summed E-state index contributed by atoms with van der Waals surface area (Å²) in [5, 5.41) is 6.58. The number of carbonyl (C=O) groups is 1. The summed E-state index contributed by atoms with van der Waals surface area (Å²) in [7, 11) is 3.94. The molecule has 20 heavy (non-hydrogen) atoms. The number of nitrogens with one attached hydrogen (secondary N) is 1. The number of hydrogen-bond acceptors (Lipinski definition) is 4. The van der Waals surface area contributed by atoms with Crippen molar-refractivity contribution in [1.29, 1.82) is 0 Å². The molecule has 0 unspecified atom stereocenters. The number of hydrogen-bond donors (Lipinski definition) is 1. The Bertz CT molecular complexity index is 585. The molecule has 0 aliphatic heterocycles. The second-order valence-corrected chi connectivity index (χ2v) is 5.16. The summed E-state index contributed by atoms with van der Waals surface area (Å²) in [5.41, 5.74) is 2.10. The van der Waals surface area contributed by atoms with Crippen LogP contribution in [0.2, 0.25) is 0 Å². The van der Waals surface area contributed by atoms with Gasteiger partial charge in [0, 0.05) is 37.5 Å². The smallest absolute Gasteiger partial charge is 0.277 e. The van der Waals surface area contributed by atoms with Gasteiger partial charge in [-0.1, -0.05) is 19.0 Å². The molecule has 1 heterocycles. The van der Waals surface area contributed by atoms with Crippen LogP contribution in [0.15, 0.2) is 34.9 Å². The first-order chi connectivity index (χ1) is 9.47. The van der Waals surface area contributed by atoms with Gasteiger partial charge in [-0.05, 0) is 24.3 Å². The third-order valence-corrected chi connectivity index (χ3v) is 2.97. The second-order valence-electron chi connectivity index (χ2n) is 5.16. The van der Waals surface area contributed by atoms with E-state index in [1.54, 1.807) is 6.07 Å². The van der Waals surface area contributed by atoms with Crippen LogP contribution in [0.4, 0.5) is 11.4 Å². The van der Waals surface area contributed by atoms with E-state index < -0.39 is 0 Å². The quantitative estimate of drug-likeness (QED) is 0.929. The lowest BCUT2D eigenvalue weighted by Crippen LogP contribution is -2.13. The van der Waals surface area contributed by atoms with Crippen LogP contribution in [-0.2, 0) is 0 Å². The Morgan fingerprint density at radius 1 is 1.25 bits per heavy atom. The van der Waals surface area contributed by atoms with Gasteiger partial charge in [-0.15, -0.1) is 0 Å². The number of carbonyl (C=O) groups excluding carboxylic acids is 1. The van der Waals surface area contributed by atoms with Gasteiger partial charge in [-0.25, -0.2) is 0 Å². The highest BCUT2D eigenvalue weighted by atomic mass is 16.5. The van der Waals surface area contributed by atoms with E-state index >= 15 is 0 Å². The van der Waals surface area contributed by atoms with Crippen molar-refractivity contribution in [3.63, 3.8) is 0 Å². The monoisotopic (exact) mass is 273 g/mol. The van der Waals surface area contributed by atoms with Gasteiger partial charge in [0.25, 0.3) is 5.91 Å². The Balaban J connectivity index is 2.06. The Hall–Kier alpha value is -2.30. The molecule has 1 amide bonds. The SMILES string of the molecule is CC(C)c1cc(C(=O)Nc2ccc(N(C)C)cc2)no1. The molecule has 5 nitrogen and oxygen atoms in total. The van der Waals surface area contributed by atoms with Crippen LogP contribution in [0.5, 0.6) is 0 Å². The first kappa shape index (κ1) is 14.1. The van der Waals surface area contributed by atoms with Crippen molar-refractivity contribution in [1.82, 2.24) is 5.16 Å². The molecular weight excluding hydrogens is 254 g/mol. The van der Waals surface area contributed by atoms with Crippen molar-refractivity contribution in [2.75, 3.05) is 24.3 Å². The van der Waals surface area contributed by atoms with Crippen molar-refractivity contribution in [2.24, 2.45) is 0 Å². The van der Waals surface area contributed by atoms with Gasteiger partial charge >= 0.3 is 0 Å². The first-order valence-corrected chi connectivity index (χ1v) is 6.52. The predicted octanol–water partition coefficient (Wildman–Crippen LogP) is 3.12. The summed E-state index contributed by atoms with van der Waals surface area (Å²) in [6.45, 7) is 3.98. The number of benzene rings is 1. The van der Waals surface area contributed by atoms with E-state index in [-0.39, 0.29) is 11.8 Å².